The molecule has 0 bridgehead atoms. The van der Waals surface area contributed by atoms with E-state index in [0.29, 0.717) is 11.1 Å². The maximum absolute atomic E-state index is 13.8. The predicted octanol–water partition coefficient (Wildman–Crippen LogP) is 5.70. The molecular formula is C22H14BrFO3. The first kappa shape index (κ1) is 18.7. The number of hydrogen-bond acceptors (Lipinski definition) is 3. The van der Waals surface area contributed by atoms with E-state index in [4.69, 9.17) is 4.74 Å². The van der Waals surface area contributed by atoms with Gasteiger partial charge in [0, 0.05) is 15.6 Å². The molecule has 0 radical (unpaired) electrons. The fourth-order valence-electron chi connectivity index (χ4n) is 2.37. The number of ketones is 1. The molecule has 0 atom stereocenters. The Hall–Kier alpha value is -3.05. The molecule has 0 saturated carbocycles. The van der Waals surface area contributed by atoms with E-state index in [0.717, 1.165) is 4.47 Å². The van der Waals surface area contributed by atoms with Gasteiger partial charge in [-0.05, 0) is 54.6 Å². The van der Waals surface area contributed by atoms with Crippen LogP contribution in [0.5, 0.6) is 5.75 Å². The number of carbonyl (C=O) groups is 2. The Labute approximate surface area is 164 Å². The first-order valence-electron chi connectivity index (χ1n) is 8.08. The van der Waals surface area contributed by atoms with E-state index in [2.05, 4.69) is 15.9 Å². The predicted molar refractivity (Wildman–Crippen MR) is 105 cm³/mol. The minimum Gasteiger partial charge on any atom is -0.422 e. The van der Waals surface area contributed by atoms with Gasteiger partial charge in [-0.25, -0.2) is 9.18 Å². The average molecular weight is 425 g/mol. The van der Waals surface area contributed by atoms with Gasteiger partial charge in [0.25, 0.3) is 0 Å². The summed E-state index contributed by atoms with van der Waals surface area (Å²) in [6.07, 6.45) is 2.97. The van der Waals surface area contributed by atoms with Crippen molar-refractivity contribution in [2.45, 2.75) is 0 Å². The van der Waals surface area contributed by atoms with E-state index in [1.165, 1.54) is 24.3 Å². The third-order valence-corrected chi connectivity index (χ3v) is 4.29. The van der Waals surface area contributed by atoms with Crippen molar-refractivity contribution in [3.63, 3.8) is 0 Å². The van der Waals surface area contributed by atoms with Gasteiger partial charge < -0.3 is 4.74 Å². The molecule has 27 heavy (non-hydrogen) atoms. The number of benzene rings is 3. The zero-order valence-electron chi connectivity index (χ0n) is 14.1. The normalized spacial score (nSPS) is 10.7. The van der Waals surface area contributed by atoms with Crippen molar-refractivity contribution >= 4 is 33.8 Å². The number of carbonyl (C=O) groups excluding carboxylic acids is 2. The molecule has 0 saturated heterocycles. The molecule has 0 unspecified atom stereocenters. The smallest absolute Gasteiger partial charge is 0.346 e. The first-order valence-corrected chi connectivity index (χ1v) is 8.87. The van der Waals surface area contributed by atoms with Crippen LogP contribution in [0.25, 0.3) is 6.08 Å². The number of allylic oxidation sites excluding steroid dienone is 1. The zero-order chi connectivity index (χ0) is 19.2. The van der Waals surface area contributed by atoms with Crippen LogP contribution in [0.1, 0.15) is 26.3 Å². The minimum absolute atomic E-state index is 0.151. The molecule has 3 aromatic carbocycles. The van der Waals surface area contributed by atoms with Gasteiger partial charge in [0.1, 0.15) is 11.6 Å². The van der Waals surface area contributed by atoms with Gasteiger partial charge in [-0.3, -0.25) is 4.79 Å². The Balaban J connectivity index is 1.80. The summed E-state index contributed by atoms with van der Waals surface area (Å²) in [7, 11) is 0. The number of halogens is 2. The van der Waals surface area contributed by atoms with Crippen molar-refractivity contribution in [1.29, 1.82) is 0 Å². The molecule has 0 N–H and O–H groups in total. The molecule has 0 aromatic heterocycles. The summed E-state index contributed by atoms with van der Waals surface area (Å²) in [4.78, 5) is 24.5. The summed E-state index contributed by atoms with van der Waals surface area (Å²) in [5.74, 6) is -1.39. The minimum atomic E-state index is -0.798. The van der Waals surface area contributed by atoms with Crippen molar-refractivity contribution in [2.75, 3.05) is 0 Å². The highest BCUT2D eigenvalue weighted by atomic mass is 79.9. The summed E-state index contributed by atoms with van der Waals surface area (Å²) in [6.45, 7) is 0. The summed E-state index contributed by atoms with van der Waals surface area (Å²) >= 11 is 3.32. The lowest BCUT2D eigenvalue weighted by atomic mass is 10.1. The Morgan fingerprint density at radius 3 is 2.30 bits per heavy atom. The topological polar surface area (TPSA) is 43.4 Å². The molecule has 0 heterocycles. The van der Waals surface area contributed by atoms with Crippen LogP contribution >= 0.6 is 15.9 Å². The van der Waals surface area contributed by atoms with Crippen LogP contribution in [0.4, 0.5) is 4.39 Å². The summed E-state index contributed by atoms with van der Waals surface area (Å²) < 4.78 is 20.0. The SMILES string of the molecule is O=C(/C=C/c1ccccc1OC(=O)c1ccccc1F)c1ccc(Br)cc1. The molecule has 3 nitrogen and oxygen atoms in total. The largest absolute Gasteiger partial charge is 0.422 e. The van der Waals surface area contributed by atoms with Gasteiger partial charge in [0.15, 0.2) is 5.78 Å². The highest BCUT2D eigenvalue weighted by Crippen LogP contribution is 2.22. The molecule has 3 rings (SSSR count). The number of ether oxygens (including phenoxy) is 1. The third kappa shape index (κ3) is 4.77. The standard InChI is InChI=1S/C22H14BrFO3/c23-17-12-9-15(10-13-17)20(25)14-11-16-5-1-4-8-21(16)27-22(26)18-6-2-3-7-19(18)24/h1-14H/b14-11+. The number of esters is 1. The monoisotopic (exact) mass is 424 g/mol. The lowest BCUT2D eigenvalue weighted by Crippen LogP contribution is -2.11. The van der Waals surface area contributed by atoms with E-state index in [9.17, 15) is 14.0 Å². The van der Waals surface area contributed by atoms with Gasteiger partial charge >= 0.3 is 5.97 Å². The van der Waals surface area contributed by atoms with Gasteiger partial charge in [0.05, 0.1) is 5.56 Å². The van der Waals surface area contributed by atoms with Crippen LogP contribution in [0.15, 0.2) is 83.3 Å². The molecule has 3 aromatic rings. The van der Waals surface area contributed by atoms with Gasteiger partial charge in [-0.15, -0.1) is 0 Å². The second-order valence-corrected chi connectivity index (χ2v) is 6.53. The van der Waals surface area contributed by atoms with E-state index >= 15 is 0 Å². The van der Waals surface area contributed by atoms with Crippen molar-refractivity contribution in [1.82, 2.24) is 0 Å². The average Bonchev–Trinajstić information content (AvgIpc) is 2.68. The maximum atomic E-state index is 13.8. The van der Waals surface area contributed by atoms with Crippen molar-refractivity contribution in [3.8, 4) is 5.75 Å². The maximum Gasteiger partial charge on any atom is 0.346 e. The number of hydrogen-bond donors (Lipinski definition) is 0. The highest BCUT2D eigenvalue weighted by molar-refractivity contribution is 9.10. The summed E-state index contributed by atoms with van der Waals surface area (Å²) in [6, 6.07) is 19.3. The lowest BCUT2D eigenvalue weighted by Gasteiger charge is -2.08. The van der Waals surface area contributed by atoms with Crippen LogP contribution in [0, 0.1) is 5.82 Å². The van der Waals surface area contributed by atoms with E-state index in [1.54, 1.807) is 60.7 Å². The molecule has 5 heteroatoms. The van der Waals surface area contributed by atoms with E-state index in [-0.39, 0.29) is 17.1 Å². The molecule has 134 valence electrons. The van der Waals surface area contributed by atoms with Gasteiger partial charge in [-0.1, -0.05) is 46.3 Å². The molecule has 0 aliphatic rings. The quantitative estimate of drug-likeness (QED) is 0.228. The van der Waals surface area contributed by atoms with Crippen molar-refractivity contribution in [2.24, 2.45) is 0 Å². The zero-order valence-corrected chi connectivity index (χ0v) is 15.6. The summed E-state index contributed by atoms with van der Waals surface area (Å²) in [5, 5.41) is 0. The Kier molecular flexibility index (Phi) is 5.94. The van der Waals surface area contributed by atoms with Gasteiger partial charge in [0.2, 0.25) is 0 Å². The highest BCUT2D eigenvalue weighted by Gasteiger charge is 2.14. The molecule has 0 aliphatic heterocycles. The van der Waals surface area contributed by atoms with E-state index in [1.807, 2.05) is 0 Å². The Bertz CT molecular complexity index is 1010. The van der Waals surface area contributed by atoms with E-state index < -0.39 is 11.8 Å². The fourth-order valence-corrected chi connectivity index (χ4v) is 2.63. The van der Waals surface area contributed by atoms with Crippen molar-refractivity contribution in [3.05, 3.63) is 106 Å². The van der Waals surface area contributed by atoms with Crippen molar-refractivity contribution < 1.29 is 18.7 Å². The lowest BCUT2D eigenvalue weighted by molar-refractivity contribution is 0.0729. The van der Waals surface area contributed by atoms with Gasteiger partial charge in [-0.2, -0.15) is 0 Å². The molecular weight excluding hydrogens is 411 g/mol. The first-order chi connectivity index (χ1) is 13.0. The third-order valence-electron chi connectivity index (χ3n) is 3.76. The summed E-state index contributed by atoms with van der Waals surface area (Å²) in [5.41, 5.74) is 0.921. The number of para-hydroxylation sites is 1. The van der Waals surface area contributed by atoms with Crippen LogP contribution in [0.2, 0.25) is 0 Å². The van der Waals surface area contributed by atoms with Crippen LogP contribution in [-0.4, -0.2) is 11.8 Å². The fraction of sp³-hybridized carbons (Fsp3) is 0. The number of rotatable bonds is 5. The van der Waals surface area contributed by atoms with Crippen LogP contribution in [0.3, 0.4) is 0 Å². The second-order valence-electron chi connectivity index (χ2n) is 5.61. The molecule has 0 fully saturated rings. The Morgan fingerprint density at radius 1 is 0.889 bits per heavy atom. The Morgan fingerprint density at radius 2 is 1.56 bits per heavy atom. The van der Waals surface area contributed by atoms with Crippen LogP contribution < -0.4 is 4.74 Å². The second kappa shape index (κ2) is 8.56. The van der Waals surface area contributed by atoms with Crippen LogP contribution in [-0.2, 0) is 0 Å². The molecule has 0 aliphatic carbocycles. The molecule has 0 spiro atoms. The molecule has 0 amide bonds.